The second-order valence-corrected chi connectivity index (χ2v) is 4.09. The van der Waals surface area contributed by atoms with E-state index in [2.05, 4.69) is 16.4 Å². The lowest BCUT2D eigenvalue weighted by Gasteiger charge is -2.13. The smallest absolute Gasteiger partial charge is 0.144 e. The number of nitrogens with zero attached hydrogens (tertiary/aromatic N) is 2. The lowest BCUT2D eigenvalue weighted by molar-refractivity contribution is 0.466. The highest BCUT2D eigenvalue weighted by Crippen LogP contribution is 2.22. The topological polar surface area (TPSA) is 87.9 Å². The fraction of sp³-hybridized carbons (Fsp3) is 0.231. The lowest BCUT2D eigenvalue weighted by atomic mass is 10.2. The number of nitrogen functional groups attached to an aromatic ring is 1. The molecule has 0 radical (unpaired) electrons. The van der Waals surface area contributed by atoms with Crippen molar-refractivity contribution in [3.8, 4) is 6.07 Å². The zero-order valence-electron chi connectivity index (χ0n) is 10.3. The van der Waals surface area contributed by atoms with Crippen LogP contribution >= 0.6 is 0 Å². The maximum Gasteiger partial charge on any atom is 0.144 e. The molecule has 3 N–H and O–H groups in total. The SMILES string of the molecule is Cc1ccc(C(C)Nc2ncc(N)cc2C#N)o1. The number of pyridine rings is 1. The fourth-order valence-corrected chi connectivity index (χ4v) is 1.64. The van der Waals surface area contributed by atoms with Gasteiger partial charge in [0.05, 0.1) is 23.5 Å². The Balaban J connectivity index is 2.22. The van der Waals surface area contributed by atoms with E-state index >= 15 is 0 Å². The number of aryl methyl sites for hydroxylation is 1. The molecule has 5 heteroatoms. The molecule has 2 heterocycles. The van der Waals surface area contributed by atoms with Crippen molar-refractivity contribution in [2.75, 3.05) is 11.1 Å². The van der Waals surface area contributed by atoms with Crippen LogP contribution < -0.4 is 11.1 Å². The fourth-order valence-electron chi connectivity index (χ4n) is 1.64. The van der Waals surface area contributed by atoms with Gasteiger partial charge in [-0.2, -0.15) is 5.26 Å². The molecule has 0 saturated heterocycles. The summed E-state index contributed by atoms with van der Waals surface area (Å²) in [5.41, 5.74) is 6.48. The molecule has 0 spiro atoms. The first-order valence-corrected chi connectivity index (χ1v) is 5.58. The molecule has 0 saturated carbocycles. The molecule has 18 heavy (non-hydrogen) atoms. The summed E-state index contributed by atoms with van der Waals surface area (Å²) in [7, 11) is 0. The van der Waals surface area contributed by atoms with Gasteiger partial charge in [0, 0.05) is 0 Å². The van der Waals surface area contributed by atoms with Crippen molar-refractivity contribution in [2.45, 2.75) is 19.9 Å². The highest BCUT2D eigenvalue weighted by atomic mass is 16.3. The quantitative estimate of drug-likeness (QED) is 0.863. The lowest BCUT2D eigenvalue weighted by Crippen LogP contribution is -2.09. The zero-order valence-corrected chi connectivity index (χ0v) is 10.3. The van der Waals surface area contributed by atoms with E-state index in [1.165, 1.54) is 6.20 Å². The van der Waals surface area contributed by atoms with Crippen molar-refractivity contribution in [3.05, 3.63) is 41.5 Å². The third kappa shape index (κ3) is 2.43. The molecule has 0 aromatic carbocycles. The molecule has 2 aromatic rings. The summed E-state index contributed by atoms with van der Waals surface area (Å²) in [4.78, 5) is 4.12. The van der Waals surface area contributed by atoms with Crippen LogP contribution in [-0.2, 0) is 0 Å². The summed E-state index contributed by atoms with van der Waals surface area (Å²) < 4.78 is 5.52. The number of anilines is 2. The van der Waals surface area contributed by atoms with Crippen LogP contribution in [0.4, 0.5) is 11.5 Å². The molecule has 5 nitrogen and oxygen atoms in total. The van der Waals surface area contributed by atoms with Gasteiger partial charge in [0.1, 0.15) is 23.4 Å². The molecule has 0 aliphatic heterocycles. The molecular weight excluding hydrogens is 228 g/mol. The van der Waals surface area contributed by atoms with Crippen LogP contribution in [-0.4, -0.2) is 4.98 Å². The minimum Gasteiger partial charge on any atom is -0.464 e. The number of furan rings is 1. The van der Waals surface area contributed by atoms with Gasteiger partial charge in [0.2, 0.25) is 0 Å². The van der Waals surface area contributed by atoms with E-state index < -0.39 is 0 Å². The Labute approximate surface area is 105 Å². The standard InChI is InChI=1S/C13H14N4O/c1-8-3-4-12(18-8)9(2)17-13-10(6-14)5-11(15)7-16-13/h3-5,7,9H,15H2,1-2H3,(H,16,17). The summed E-state index contributed by atoms with van der Waals surface area (Å²) in [6.45, 7) is 3.83. The van der Waals surface area contributed by atoms with Gasteiger partial charge in [-0.15, -0.1) is 0 Å². The van der Waals surface area contributed by atoms with Crippen LogP contribution in [0.25, 0.3) is 0 Å². The Morgan fingerprint density at radius 3 is 2.89 bits per heavy atom. The summed E-state index contributed by atoms with van der Waals surface area (Å²) in [5.74, 6) is 2.16. The van der Waals surface area contributed by atoms with Crippen molar-refractivity contribution in [1.82, 2.24) is 4.98 Å². The molecule has 0 amide bonds. The van der Waals surface area contributed by atoms with Crippen molar-refractivity contribution in [1.29, 1.82) is 5.26 Å². The number of nitrogens with two attached hydrogens (primary N) is 1. The van der Waals surface area contributed by atoms with E-state index in [-0.39, 0.29) is 6.04 Å². The minimum absolute atomic E-state index is 0.0677. The van der Waals surface area contributed by atoms with Gasteiger partial charge in [-0.25, -0.2) is 4.98 Å². The average Bonchev–Trinajstić information content (AvgIpc) is 2.78. The van der Waals surface area contributed by atoms with Crippen molar-refractivity contribution in [3.63, 3.8) is 0 Å². The van der Waals surface area contributed by atoms with Crippen molar-refractivity contribution < 1.29 is 4.42 Å². The van der Waals surface area contributed by atoms with Crippen LogP contribution in [0.2, 0.25) is 0 Å². The highest BCUT2D eigenvalue weighted by Gasteiger charge is 2.12. The van der Waals surface area contributed by atoms with E-state index in [0.717, 1.165) is 11.5 Å². The maximum absolute atomic E-state index is 9.02. The summed E-state index contributed by atoms with van der Waals surface area (Å²) in [5, 5.41) is 12.2. The van der Waals surface area contributed by atoms with Crippen molar-refractivity contribution in [2.24, 2.45) is 0 Å². The minimum atomic E-state index is -0.0677. The third-order valence-corrected chi connectivity index (χ3v) is 2.57. The maximum atomic E-state index is 9.02. The largest absolute Gasteiger partial charge is 0.464 e. The highest BCUT2D eigenvalue weighted by molar-refractivity contribution is 5.57. The first-order valence-electron chi connectivity index (χ1n) is 5.58. The number of hydrogen-bond donors (Lipinski definition) is 2. The summed E-state index contributed by atoms with van der Waals surface area (Å²) in [6.07, 6.45) is 1.52. The molecular formula is C13H14N4O. The van der Waals surface area contributed by atoms with E-state index in [1.54, 1.807) is 6.07 Å². The second kappa shape index (κ2) is 4.80. The molecule has 0 fully saturated rings. The zero-order chi connectivity index (χ0) is 13.1. The number of nitriles is 1. The summed E-state index contributed by atoms with van der Waals surface area (Å²) >= 11 is 0. The van der Waals surface area contributed by atoms with E-state index in [1.807, 2.05) is 26.0 Å². The average molecular weight is 242 g/mol. The predicted octanol–water partition coefficient (Wildman–Crippen LogP) is 2.61. The van der Waals surface area contributed by atoms with E-state index in [4.69, 9.17) is 15.4 Å². The van der Waals surface area contributed by atoms with E-state index in [9.17, 15) is 0 Å². The number of rotatable bonds is 3. The van der Waals surface area contributed by atoms with Crippen LogP contribution in [0, 0.1) is 18.3 Å². The molecule has 0 bridgehead atoms. The molecule has 0 aliphatic carbocycles. The van der Waals surface area contributed by atoms with Gasteiger partial charge in [0.15, 0.2) is 0 Å². The molecule has 1 atom stereocenters. The van der Waals surface area contributed by atoms with Crippen LogP contribution in [0.5, 0.6) is 0 Å². The monoisotopic (exact) mass is 242 g/mol. The molecule has 2 rings (SSSR count). The van der Waals surface area contributed by atoms with Gasteiger partial charge < -0.3 is 15.5 Å². The van der Waals surface area contributed by atoms with Gasteiger partial charge >= 0.3 is 0 Å². The molecule has 0 aliphatic rings. The van der Waals surface area contributed by atoms with Gasteiger partial charge in [-0.3, -0.25) is 0 Å². The third-order valence-electron chi connectivity index (χ3n) is 2.57. The molecule has 1 unspecified atom stereocenters. The normalized spacial score (nSPS) is 11.8. The molecule has 2 aromatic heterocycles. The van der Waals surface area contributed by atoms with E-state index in [0.29, 0.717) is 17.1 Å². The summed E-state index contributed by atoms with van der Waals surface area (Å²) in [6, 6.07) is 7.38. The Hall–Kier alpha value is -2.48. The van der Waals surface area contributed by atoms with Crippen LogP contribution in [0.1, 0.15) is 30.0 Å². The first kappa shape index (κ1) is 12.0. The Morgan fingerprint density at radius 1 is 1.50 bits per heavy atom. The number of aromatic nitrogens is 1. The van der Waals surface area contributed by atoms with Crippen LogP contribution in [0.3, 0.4) is 0 Å². The Kier molecular flexibility index (Phi) is 3.20. The van der Waals surface area contributed by atoms with Crippen molar-refractivity contribution >= 4 is 11.5 Å². The van der Waals surface area contributed by atoms with Gasteiger partial charge in [0.25, 0.3) is 0 Å². The number of nitrogens with one attached hydrogen (secondary N) is 1. The van der Waals surface area contributed by atoms with Crippen LogP contribution in [0.15, 0.2) is 28.8 Å². The Morgan fingerprint density at radius 2 is 2.28 bits per heavy atom. The Bertz CT molecular complexity index is 597. The van der Waals surface area contributed by atoms with Gasteiger partial charge in [-0.1, -0.05) is 0 Å². The first-order chi connectivity index (χ1) is 8.60. The van der Waals surface area contributed by atoms with Gasteiger partial charge in [-0.05, 0) is 32.0 Å². The number of hydrogen-bond acceptors (Lipinski definition) is 5. The second-order valence-electron chi connectivity index (χ2n) is 4.09. The predicted molar refractivity (Wildman–Crippen MR) is 68.8 cm³/mol. The molecule has 92 valence electrons.